The Hall–Kier alpha value is -1.28. The van der Waals surface area contributed by atoms with Crippen LogP contribution in [0.4, 0.5) is 0 Å². The summed E-state index contributed by atoms with van der Waals surface area (Å²) < 4.78 is 0. The second-order valence-corrected chi connectivity index (χ2v) is 2.54. The molecular formula is C10H14N2. The highest BCUT2D eigenvalue weighted by Crippen LogP contribution is 2.12. The number of hydrogen-bond donors (Lipinski definition) is 2. The molecule has 0 amide bonds. The van der Waals surface area contributed by atoms with Gasteiger partial charge in [-0.15, -0.1) is 0 Å². The third kappa shape index (κ3) is 1.66. The molecule has 0 radical (unpaired) electrons. The summed E-state index contributed by atoms with van der Waals surface area (Å²) in [5, 5.41) is 1.29. The van der Waals surface area contributed by atoms with E-state index < -0.39 is 0 Å². The summed E-state index contributed by atoms with van der Waals surface area (Å²) in [6.45, 7) is 2.07. The Morgan fingerprint density at radius 3 is 2.50 bits per heavy atom. The van der Waals surface area contributed by atoms with Crippen molar-refractivity contribution >= 4 is 10.9 Å². The Morgan fingerprint density at radius 2 is 1.83 bits per heavy atom. The maximum atomic E-state index is 4.50. The van der Waals surface area contributed by atoms with E-state index in [2.05, 4.69) is 41.9 Å². The molecular weight excluding hydrogens is 148 g/mol. The predicted molar refractivity (Wildman–Crippen MR) is 53.1 cm³/mol. The van der Waals surface area contributed by atoms with Gasteiger partial charge >= 0.3 is 0 Å². The van der Waals surface area contributed by atoms with Crippen molar-refractivity contribution in [1.82, 2.24) is 4.98 Å². The average Bonchev–Trinajstić information content (AvgIpc) is 2.48. The van der Waals surface area contributed by atoms with Crippen molar-refractivity contribution in [3.8, 4) is 0 Å². The van der Waals surface area contributed by atoms with Crippen LogP contribution in [0, 0.1) is 6.92 Å². The van der Waals surface area contributed by atoms with E-state index in [9.17, 15) is 0 Å². The van der Waals surface area contributed by atoms with Crippen LogP contribution >= 0.6 is 0 Å². The Kier molecular flexibility index (Phi) is 2.88. The third-order valence-corrected chi connectivity index (χ3v) is 1.66. The summed E-state index contributed by atoms with van der Waals surface area (Å²) in [4.78, 5) is 3.26. The van der Waals surface area contributed by atoms with Crippen LogP contribution in [0.5, 0.6) is 0 Å². The molecule has 2 rings (SSSR count). The molecule has 0 saturated heterocycles. The molecule has 1 aromatic carbocycles. The highest BCUT2D eigenvalue weighted by Gasteiger charge is 1.92. The van der Waals surface area contributed by atoms with Crippen LogP contribution in [-0.2, 0) is 0 Å². The summed E-state index contributed by atoms with van der Waals surface area (Å²) in [6.07, 6.45) is 0. The largest absolute Gasteiger partial charge is 0.359 e. The number of H-pyrrole nitrogens is 1. The predicted octanol–water partition coefficient (Wildman–Crippen LogP) is 2.05. The maximum Gasteiger partial charge on any atom is 0.0455 e. The van der Waals surface area contributed by atoms with Gasteiger partial charge in [-0.05, 0) is 31.5 Å². The molecule has 0 atom stereocenters. The first-order chi connectivity index (χ1) is 5.86. The molecule has 0 bridgehead atoms. The number of aromatic amines is 1. The topological polar surface area (TPSA) is 41.8 Å². The minimum atomic E-state index is 1.22. The molecule has 1 aromatic heterocycles. The zero-order chi connectivity index (χ0) is 8.97. The summed E-state index contributed by atoms with van der Waals surface area (Å²) >= 11 is 0. The number of hydrogen-bond acceptors (Lipinski definition) is 1. The van der Waals surface area contributed by atoms with Gasteiger partial charge < -0.3 is 10.7 Å². The minimum Gasteiger partial charge on any atom is -0.359 e. The fraction of sp³-hybridized carbons (Fsp3) is 0.200. The molecule has 0 aliphatic rings. The standard InChI is InChI=1S/C9H9N.CH5N/c1-7-6-8-4-2-3-5-9(8)10-7;1-2/h2-6,10H,1H3;2H2,1H3. The van der Waals surface area contributed by atoms with E-state index in [1.807, 2.05) is 6.07 Å². The van der Waals surface area contributed by atoms with Gasteiger partial charge in [-0.2, -0.15) is 0 Å². The number of nitrogens with one attached hydrogen (secondary N) is 1. The van der Waals surface area contributed by atoms with Crippen molar-refractivity contribution in [3.05, 3.63) is 36.0 Å². The smallest absolute Gasteiger partial charge is 0.0455 e. The van der Waals surface area contributed by atoms with Crippen LogP contribution in [0.1, 0.15) is 5.69 Å². The van der Waals surface area contributed by atoms with Crippen molar-refractivity contribution in [2.45, 2.75) is 6.92 Å². The lowest BCUT2D eigenvalue weighted by Gasteiger charge is -1.83. The Morgan fingerprint density at radius 1 is 1.17 bits per heavy atom. The number of rotatable bonds is 0. The fourth-order valence-corrected chi connectivity index (χ4v) is 1.22. The van der Waals surface area contributed by atoms with Crippen molar-refractivity contribution < 1.29 is 0 Å². The first-order valence-electron chi connectivity index (χ1n) is 3.98. The maximum absolute atomic E-state index is 4.50. The summed E-state index contributed by atoms with van der Waals surface area (Å²) in [5.74, 6) is 0. The molecule has 3 N–H and O–H groups in total. The van der Waals surface area contributed by atoms with Gasteiger partial charge in [0.15, 0.2) is 0 Å². The van der Waals surface area contributed by atoms with Gasteiger partial charge in [-0.3, -0.25) is 0 Å². The zero-order valence-electron chi connectivity index (χ0n) is 7.46. The Bertz CT molecular complexity index is 316. The molecule has 0 aliphatic carbocycles. The van der Waals surface area contributed by atoms with Crippen molar-refractivity contribution in [3.63, 3.8) is 0 Å². The first kappa shape index (κ1) is 8.81. The normalized spacial score (nSPS) is 9.25. The molecule has 12 heavy (non-hydrogen) atoms. The second kappa shape index (κ2) is 3.93. The van der Waals surface area contributed by atoms with E-state index in [-0.39, 0.29) is 0 Å². The van der Waals surface area contributed by atoms with Crippen molar-refractivity contribution in [2.75, 3.05) is 7.05 Å². The molecule has 0 spiro atoms. The lowest BCUT2D eigenvalue weighted by molar-refractivity contribution is 1.30. The number of benzene rings is 1. The van der Waals surface area contributed by atoms with Gasteiger partial charge in [0, 0.05) is 11.2 Å². The van der Waals surface area contributed by atoms with Gasteiger partial charge in [0.25, 0.3) is 0 Å². The fourth-order valence-electron chi connectivity index (χ4n) is 1.22. The van der Waals surface area contributed by atoms with Crippen LogP contribution < -0.4 is 5.73 Å². The molecule has 0 unspecified atom stereocenters. The number of aromatic nitrogens is 1. The van der Waals surface area contributed by atoms with Crippen LogP contribution in [0.25, 0.3) is 10.9 Å². The van der Waals surface area contributed by atoms with E-state index in [4.69, 9.17) is 0 Å². The molecule has 2 aromatic rings. The Balaban J connectivity index is 0.000000336. The summed E-state index contributed by atoms with van der Waals surface area (Å²) in [5.41, 5.74) is 6.95. The van der Waals surface area contributed by atoms with Crippen LogP contribution in [0.3, 0.4) is 0 Å². The van der Waals surface area contributed by atoms with Crippen LogP contribution in [0.2, 0.25) is 0 Å². The lowest BCUT2D eigenvalue weighted by atomic mass is 10.2. The first-order valence-corrected chi connectivity index (χ1v) is 3.98. The number of fused-ring (bicyclic) bond motifs is 1. The van der Waals surface area contributed by atoms with E-state index in [0.29, 0.717) is 0 Å². The monoisotopic (exact) mass is 162 g/mol. The highest BCUT2D eigenvalue weighted by molar-refractivity contribution is 5.79. The highest BCUT2D eigenvalue weighted by atomic mass is 14.7. The number of aryl methyl sites for hydroxylation is 1. The van der Waals surface area contributed by atoms with Crippen LogP contribution in [-0.4, -0.2) is 12.0 Å². The Labute approximate surface area is 72.4 Å². The van der Waals surface area contributed by atoms with Crippen LogP contribution in [0.15, 0.2) is 30.3 Å². The molecule has 0 fully saturated rings. The molecule has 2 nitrogen and oxygen atoms in total. The zero-order valence-corrected chi connectivity index (χ0v) is 7.46. The van der Waals surface area contributed by atoms with E-state index in [1.54, 1.807) is 0 Å². The minimum absolute atomic E-state index is 1.22. The van der Waals surface area contributed by atoms with Gasteiger partial charge in [0.1, 0.15) is 0 Å². The summed E-state index contributed by atoms with van der Waals surface area (Å²) in [6, 6.07) is 10.4. The SMILES string of the molecule is CN.Cc1cc2ccccc2[nH]1. The van der Waals surface area contributed by atoms with E-state index >= 15 is 0 Å². The molecule has 1 heterocycles. The number of nitrogens with two attached hydrogens (primary N) is 1. The summed E-state index contributed by atoms with van der Waals surface area (Å²) in [7, 11) is 1.50. The lowest BCUT2D eigenvalue weighted by Crippen LogP contribution is -1.69. The quantitative estimate of drug-likeness (QED) is 0.611. The van der Waals surface area contributed by atoms with E-state index in [1.165, 1.54) is 23.6 Å². The van der Waals surface area contributed by atoms with Gasteiger partial charge in [-0.25, -0.2) is 0 Å². The third-order valence-electron chi connectivity index (χ3n) is 1.66. The molecule has 0 aliphatic heterocycles. The molecule has 64 valence electrons. The van der Waals surface area contributed by atoms with Gasteiger partial charge in [-0.1, -0.05) is 18.2 Å². The number of para-hydroxylation sites is 1. The van der Waals surface area contributed by atoms with E-state index in [0.717, 1.165) is 0 Å². The van der Waals surface area contributed by atoms with Gasteiger partial charge in [0.05, 0.1) is 0 Å². The molecule has 0 saturated carbocycles. The second-order valence-electron chi connectivity index (χ2n) is 2.54. The van der Waals surface area contributed by atoms with Crippen molar-refractivity contribution in [1.29, 1.82) is 0 Å². The average molecular weight is 162 g/mol. The molecule has 2 heteroatoms. The van der Waals surface area contributed by atoms with Gasteiger partial charge in [0.2, 0.25) is 0 Å². The van der Waals surface area contributed by atoms with Crippen molar-refractivity contribution in [2.24, 2.45) is 5.73 Å².